The minimum Gasteiger partial charge on any atom is -0.334 e. The zero-order chi connectivity index (χ0) is 7.33. The topological polar surface area (TPSA) is 55.5 Å². The summed E-state index contributed by atoms with van der Waals surface area (Å²) in [4.78, 5) is 8.73. The lowest BCUT2D eigenvalue weighted by Gasteiger charge is -2.07. The minimum atomic E-state index is -2.86. The van der Waals surface area contributed by atoms with E-state index >= 15 is 0 Å². The van der Waals surface area contributed by atoms with E-state index in [0.717, 1.165) is 12.8 Å². The average Bonchev–Trinajstić information content (AvgIpc) is 1.63. The molecule has 1 atom stereocenters. The van der Waals surface area contributed by atoms with Crippen LogP contribution in [0.3, 0.4) is 0 Å². The molecule has 0 fully saturated rings. The Hall–Kier alpha value is 0.530. The van der Waals surface area contributed by atoms with Gasteiger partial charge < -0.3 is 9.42 Å². The monoisotopic (exact) mass is 169 g/mol. The molecule has 0 aliphatic rings. The first-order valence-electron chi connectivity index (χ1n) is 2.82. The molecule has 0 saturated heterocycles. The van der Waals surface area contributed by atoms with Gasteiger partial charge in [-0.1, -0.05) is 13.3 Å². The van der Waals surface area contributed by atoms with Crippen LogP contribution in [0.1, 0.15) is 19.8 Å². The van der Waals surface area contributed by atoms with Crippen molar-refractivity contribution < 1.29 is 9.42 Å². The van der Waals surface area contributed by atoms with Gasteiger partial charge in [-0.3, -0.25) is 5.50 Å². The van der Waals surface area contributed by atoms with E-state index in [1.54, 1.807) is 0 Å². The largest absolute Gasteiger partial charge is 0.334 e. The van der Waals surface area contributed by atoms with Crippen molar-refractivity contribution in [2.24, 2.45) is 5.50 Å². The molecule has 0 aromatic heterocycles. The van der Waals surface area contributed by atoms with Crippen molar-refractivity contribution in [3.63, 3.8) is 0 Å². The number of nitrogens with two attached hydrogens (primary N) is 1. The fourth-order valence-electron chi connectivity index (χ4n) is 0.340. The first kappa shape index (κ1) is 9.53. The molecule has 0 radical (unpaired) electrons. The molecule has 5 heteroatoms. The SMILES string of the molecule is CCCCOP(N)(O)=S. The van der Waals surface area contributed by atoms with E-state index < -0.39 is 6.64 Å². The lowest BCUT2D eigenvalue weighted by atomic mass is 10.4. The van der Waals surface area contributed by atoms with Crippen LogP contribution in [-0.4, -0.2) is 11.5 Å². The van der Waals surface area contributed by atoms with E-state index in [-0.39, 0.29) is 0 Å². The number of rotatable bonds is 4. The van der Waals surface area contributed by atoms with Gasteiger partial charge in [-0.25, -0.2) is 0 Å². The molecule has 0 aliphatic carbocycles. The summed E-state index contributed by atoms with van der Waals surface area (Å²) in [6.45, 7) is -0.361. The van der Waals surface area contributed by atoms with Gasteiger partial charge in [0.2, 0.25) is 0 Å². The highest BCUT2D eigenvalue weighted by atomic mass is 32.5. The molecule has 0 aromatic rings. The van der Waals surface area contributed by atoms with E-state index in [2.05, 4.69) is 11.8 Å². The Morgan fingerprint density at radius 2 is 2.33 bits per heavy atom. The average molecular weight is 169 g/mol. The molecule has 0 rings (SSSR count). The zero-order valence-electron chi connectivity index (χ0n) is 5.41. The van der Waals surface area contributed by atoms with E-state index in [9.17, 15) is 0 Å². The third-order valence-electron chi connectivity index (χ3n) is 0.774. The smallest absolute Gasteiger partial charge is 0.255 e. The quantitative estimate of drug-likeness (QED) is 0.486. The molecule has 0 aliphatic heterocycles. The predicted octanol–water partition coefficient (Wildman–Crippen LogP) is 0.979. The molecule has 0 bridgehead atoms. The van der Waals surface area contributed by atoms with Crippen molar-refractivity contribution in [2.75, 3.05) is 6.61 Å². The van der Waals surface area contributed by atoms with Crippen molar-refractivity contribution in [1.29, 1.82) is 0 Å². The Labute approximate surface area is 60.4 Å². The summed E-state index contributed by atoms with van der Waals surface area (Å²) in [6, 6.07) is 0. The lowest BCUT2D eigenvalue weighted by Crippen LogP contribution is -1.98. The number of hydrogen-bond donors (Lipinski definition) is 2. The van der Waals surface area contributed by atoms with Gasteiger partial charge in [-0.05, 0) is 18.2 Å². The molecule has 56 valence electrons. The first-order valence-corrected chi connectivity index (χ1v) is 5.56. The number of unbranched alkanes of at least 4 members (excludes halogenated alkanes) is 1. The zero-order valence-corrected chi connectivity index (χ0v) is 7.12. The second-order valence-electron chi connectivity index (χ2n) is 1.75. The van der Waals surface area contributed by atoms with Gasteiger partial charge in [-0.2, -0.15) is 0 Å². The fourth-order valence-corrected chi connectivity index (χ4v) is 0.954. The summed E-state index contributed by atoms with van der Waals surface area (Å²) in [5.41, 5.74) is 5.04. The maximum absolute atomic E-state index is 8.73. The predicted molar refractivity (Wildman–Crippen MR) is 41.6 cm³/mol. The van der Waals surface area contributed by atoms with Crippen LogP contribution in [0.15, 0.2) is 0 Å². The summed E-state index contributed by atoms with van der Waals surface area (Å²) in [7, 11) is 0. The molecule has 0 spiro atoms. The molecule has 9 heavy (non-hydrogen) atoms. The van der Waals surface area contributed by atoms with Crippen LogP contribution in [0.2, 0.25) is 0 Å². The van der Waals surface area contributed by atoms with E-state index in [1.165, 1.54) is 0 Å². The van der Waals surface area contributed by atoms with Crippen LogP contribution in [0, 0.1) is 0 Å². The van der Waals surface area contributed by atoms with Gasteiger partial charge >= 0.3 is 0 Å². The van der Waals surface area contributed by atoms with Gasteiger partial charge in [0.05, 0.1) is 6.61 Å². The Kier molecular flexibility index (Phi) is 4.62. The van der Waals surface area contributed by atoms with Crippen molar-refractivity contribution in [3.05, 3.63) is 0 Å². The summed E-state index contributed by atoms with van der Waals surface area (Å²) < 4.78 is 4.73. The van der Waals surface area contributed by atoms with Gasteiger partial charge in [0.25, 0.3) is 6.64 Å². The Bertz CT molecular complexity index is 113. The molecule has 1 unspecified atom stereocenters. The van der Waals surface area contributed by atoms with E-state index in [0.29, 0.717) is 6.61 Å². The molecular weight excluding hydrogens is 157 g/mol. The van der Waals surface area contributed by atoms with Crippen LogP contribution in [0.4, 0.5) is 0 Å². The third-order valence-corrected chi connectivity index (χ3v) is 1.64. The van der Waals surface area contributed by atoms with Crippen molar-refractivity contribution >= 4 is 18.4 Å². The lowest BCUT2D eigenvalue weighted by molar-refractivity contribution is 0.301. The van der Waals surface area contributed by atoms with E-state index in [4.69, 9.17) is 14.9 Å². The molecular formula is C4H12NO2PS. The van der Waals surface area contributed by atoms with Gasteiger partial charge in [0.1, 0.15) is 0 Å². The van der Waals surface area contributed by atoms with E-state index in [1.807, 2.05) is 6.92 Å². The fraction of sp³-hybridized carbons (Fsp3) is 1.00. The molecule has 0 aromatic carbocycles. The van der Waals surface area contributed by atoms with Crippen LogP contribution in [0.25, 0.3) is 0 Å². The highest BCUT2D eigenvalue weighted by Crippen LogP contribution is 2.31. The second-order valence-corrected chi connectivity index (χ2v) is 4.71. The van der Waals surface area contributed by atoms with Crippen molar-refractivity contribution in [2.45, 2.75) is 19.8 Å². The Morgan fingerprint density at radius 3 is 2.67 bits per heavy atom. The third kappa shape index (κ3) is 8.53. The second kappa shape index (κ2) is 4.36. The van der Waals surface area contributed by atoms with Crippen LogP contribution < -0.4 is 5.50 Å². The van der Waals surface area contributed by atoms with Crippen LogP contribution >= 0.6 is 6.64 Å². The number of hydrogen-bond acceptors (Lipinski definition) is 2. The Balaban J connectivity index is 3.18. The molecule has 0 saturated carbocycles. The standard InChI is InChI=1S/C4H12NO2PS/c1-2-3-4-7-8(5,6)9/h2-4H2,1H3,(H3,5,6,9). The maximum Gasteiger partial charge on any atom is 0.255 e. The molecule has 0 amide bonds. The summed E-state index contributed by atoms with van der Waals surface area (Å²) in [5, 5.41) is 0. The van der Waals surface area contributed by atoms with Crippen LogP contribution in [0.5, 0.6) is 0 Å². The summed E-state index contributed by atoms with van der Waals surface area (Å²) >= 11 is 4.42. The highest BCUT2D eigenvalue weighted by molar-refractivity contribution is 8.08. The Morgan fingerprint density at radius 1 is 1.78 bits per heavy atom. The molecule has 0 heterocycles. The van der Waals surface area contributed by atoms with Crippen molar-refractivity contribution in [1.82, 2.24) is 0 Å². The molecule has 3 nitrogen and oxygen atoms in total. The minimum absolute atomic E-state index is 0.473. The van der Waals surface area contributed by atoms with Gasteiger partial charge in [0, 0.05) is 0 Å². The molecule has 3 N–H and O–H groups in total. The maximum atomic E-state index is 8.73. The highest BCUT2D eigenvalue weighted by Gasteiger charge is 2.02. The van der Waals surface area contributed by atoms with Crippen LogP contribution in [-0.2, 0) is 16.3 Å². The summed E-state index contributed by atoms with van der Waals surface area (Å²) in [5.74, 6) is 0. The van der Waals surface area contributed by atoms with Gasteiger partial charge in [0.15, 0.2) is 0 Å². The first-order chi connectivity index (χ1) is 4.06. The summed E-state index contributed by atoms with van der Waals surface area (Å²) in [6.07, 6.45) is 1.92. The van der Waals surface area contributed by atoms with Gasteiger partial charge in [-0.15, -0.1) is 0 Å². The van der Waals surface area contributed by atoms with Crippen molar-refractivity contribution in [3.8, 4) is 0 Å². The normalized spacial score (nSPS) is 17.2.